The van der Waals surface area contributed by atoms with Crippen LogP contribution in [0.25, 0.3) is 0 Å². The van der Waals surface area contributed by atoms with E-state index in [0.717, 1.165) is 5.56 Å². The van der Waals surface area contributed by atoms with Crippen molar-refractivity contribution in [3.63, 3.8) is 0 Å². The lowest BCUT2D eigenvalue weighted by Crippen LogP contribution is -2.88. The zero-order valence-electron chi connectivity index (χ0n) is 8.66. The van der Waals surface area contributed by atoms with Crippen molar-refractivity contribution in [2.24, 2.45) is 0 Å². The number of rotatable bonds is 5. The van der Waals surface area contributed by atoms with Crippen LogP contribution in [-0.2, 0) is 11.3 Å². The minimum atomic E-state index is -0.131. The number of benzene rings is 1. The molecule has 3 heteroatoms. The Hall–Kier alpha value is -0.930. The molecule has 1 atom stereocenters. The van der Waals surface area contributed by atoms with Gasteiger partial charge in [-0.25, -0.2) is 4.39 Å². The summed E-state index contributed by atoms with van der Waals surface area (Å²) in [5.74, 6) is -0.131. The predicted molar refractivity (Wildman–Crippen MR) is 53.4 cm³/mol. The first-order valence-electron chi connectivity index (χ1n) is 4.79. The van der Waals surface area contributed by atoms with Crippen LogP contribution in [-0.4, -0.2) is 19.8 Å². The second kappa shape index (κ2) is 5.73. The molecule has 1 rings (SSSR count). The second-order valence-electron chi connectivity index (χ2n) is 3.46. The highest BCUT2D eigenvalue weighted by atomic mass is 19.1. The minimum Gasteiger partial charge on any atom is -0.379 e. The van der Waals surface area contributed by atoms with E-state index in [1.807, 2.05) is 12.1 Å². The van der Waals surface area contributed by atoms with E-state index in [1.54, 1.807) is 13.2 Å². The number of nitrogens with two attached hydrogens (primary N) is 1. The van der Waals surface area contributed by atoms with Crippen molar-refractivity contribution in [3.8, 4) is 0 Å². The van der Waals surface area contributed by atoms with Gasteiger partial charge in [0.2, 0.25) is 0 Å². The fourth-order valence-electron chi connectivity index (χ4n) is 1.32. The molecular formula is C11H17FNO+. The number of halogens is 1. The quantitative estimate of drug-likeness (QED) is 0.748. The van der Waals surface area contributed by atoms with E-state index >= 15 is 0 Å². The summed E-state index contributed by atoms with van der Waals surface area (Å²) in [7, 11) is 1.67. The molecule has 1 unspecified atom stereocenters. The number of hydrogen-bond acceptors (Lipinski definition) is 1. The van der Waals surface area contributed by atoms with Crippen molar-refractivity contribution in [1.29, 1.82) is 0 Å². The lowest BCUT2D eigenvalue weighted by Gasteiger charge is -2.09. The lowest BCUT2D eigenvalue weighted by atomic mass is 10.2. The molecule has 1 aromatic rings. The molecule has 0 aliphatic rings. The van der Waals surface area contributed by atoms with Gasteiger partial charge >= 0.3 is 0 Å². The highest BCUT2D eigenvalue weighted by molar-refractivity contribution is 5.15. The molecule has 1 aromatic carbocycles. The van der Waals surface area contributed by atoms with Crippen LogP contribution < -0.4 is 5.32 Å². The molecule has 0 fully saturated rings. The fraction of sp³-hybridized carbons (Fsp3) is 0.455. The maximum Gasteiger partial charge on any atom is 0.132 e. The van der Waals surface area contributed by atoms with Gasteiger partial charge in [0.15, 0.2) is 0 Å². The monoisotopic (exact) mass is 198 g/mol. The number of ether oxygens (including phenoxy) is 1. The Bertz CT molecular complexity index is 278. The molecule has 0 amide bonds. The molecule has 0 radical (unpaired) electrons. The van der Waals surface area contributed by atoms with Crippen LogP contribution in [0.5, 0.6) is 0 Å². The fourth-order valence-corrected chi connectivity index (χ4v) is 1.32. The number of quaternary nitrogens is 1. The number of methoxy groups -OCH3 is 1. The SMILES string of the molecule is COCC(C)[NH2+]Cc1ccccc1F. The van der Waals surface area contributed by atoms with Gasteiger partial charge in [0.25, 0.3) is 0 Å². The van der Waals surface area contributed by atoms with Crippen LogP contribution in [0.15, 0.2) is 24.3 Å². The minimum absolute atomic E-state index is 0.131. The highest BCUT2D eigenvalue weighted by Gasteiger charge is 2.06. The molecule has 0 heterocycles. The summed E-state index contributed by atoms with van der Waals surface area (Å²) in [6, 6.07) is 7.22. The molecule has 78 valence electrons. The summed E-state index contributed by atoms with van der Waals surface area (Å²) in [6.07, 6.45) is 0. The van der Waals surface area contributed by atoms with Gasteiger partial charge in [0.1, 0.15) is 18.4 Å². The van der Waals surface area contributed by atoms with Crippen molar-refractivity contribution in [3.05, 3.63) is 35.6 Å². The molecule has 0 saturated heterocycles. The smallest absolute Gasteiger partial charge is 0.132 e. The van der Waals surface area contributed by atoms with E-state index in [9.17, 15) is 4.39 Å². The van der Waals surface area contributed by atoms with Crippen molar-refractivity contribution < 1.29 is 14.4 Å². The van der Waals surface area contributed by atoms with Crippen LogP contribution >= 0.6 is 0 Å². The van der Waals surface area contributed by atoms with Crippen LogP contribution in [0.4, 0.5) is 4.39 Å². The first-order chi connectivity index (χ1) is 6.74. The van der Waals surface area contributed by atoms with Gasteiger partial charge in [-0.2, -0.15) is 0 Å². The van der Waals surface area contributed by atoms with E-state index < -0.39 is 0 Å². The second-order valence-corrected chi connectivity index (χ2v) is 3.46. The third kappa shape index (κ3) is 3.44. The predicted octanol–water partition coefficient (Wildman–Crippen LogP) is 0.924. The van der Waals surface area contributed by atoms with Gasteiger partial charge in [-0.1, -0.05) is 18.2 Å². The third-order valence-corrected chi connectivity index (χ3v) is 2.13. The molecule has 0 aliphatic heterocycles. The molecule has 2 nitrogen and oxygen atoms in total. The van der Waals surface area contributed by atoms with E-state index in [-0.39, 0.29) is 5.82 Å². The van der Waals surface area contributed by atoms with Crippen LogP contribution in [0.2, 0.25) is 0 Å². The van der Waals surface area contributed by atoms with Crippen molar-refractivity contribution in [2.45, 2.75) is 19.5 Å². The first-order valence-corrected chi connectivity index (χ1v) is 4.79. The summed E-state index contributed by atoms with van der Waals surface area (Å²) < 4.78 is 18.2. The first kappa shape index (κ1) is 11.1. The Morgan fingerprint density at radius 3 is 2.79 bits per heavy atom. The maximum atomic E-state index is 13.2. The van der Waals surface area contributed by atoms with Crippen molar-refractivity contribution in [1.82, 2.24) is 0 Å². The Labute approximate surface area is 84.1 Å². The largest absolute Gasteiger partial charge is 0.379 e. The maximum absolute atomic E-state index is 13.2. The van der Waals surface area contributed by atoms with Gasteiger partial charge < -0.3 is 10.1 Å². The Morgan fingerprint density at radius 1 is 1.43 bits per heavy atom. The Kier molecular flexibility index (Phi) is 4.56. The Morgan fingerprint density at radius 2 is 2.14 bits per heavy atom. The summed E-state index contributed by atoms with van der Waals surface area (Å²) >= 11 is 0. The van der Waals surface area contributed by atoms with Crippen LogP contribution in [0, 0.1) is 5.82 Å². The lowest BCUT2D eigenvalue weighted by molar-refractivity contribution is -0.703. The van der Waals surface area contributed by atoms with E-state index in [2.05, 4.69) is 12.2 Å². The van der Waals surface area contributed by atoms with E-state index in [0.29, 0.717) is 19.2 Å². The van der Waals surface area contributed by atoms with Gasteiger partial charge in [0.05, 0.1) is 6.61 Å². The molecule has 0 aliphatic carbocycles. The molecule has 0 spiro atoms. The zero-order valence-corrected chi connectivity index (χ0v) is 8.66. The van der Waals surface area contributed by atoms with Gasteiger partial charge in [-0.05, 0) is 13.0 Å². The van der Waals surface area contributed by atoms with Crippen LogP contribution in [0.1, 0.15) is 12.5 Å². The van der Waals surface area contributed by atoms with E-state index in [4.69, 9.17) is 4.74 Å². The van der Waals surface area contributed by atoms with Gasteiger partial charge in [-0.15, -0.1) is 0 Å². The average molecular weight is 198 g/mol. The van der Waals surface area contributed by atoms with Crippen LogP contribution in [0.3, 0.4) is 0 Å². The molecular weight excluding hydrogens is 181 g/mol. The van der Waals surface area contributed by atoms with E-state index in [1.165, 1.54) is 6.07 Å². The van der Waals surface area contributed by atoms with Gasteiger partial charge in [0, 0.05) is 12.7 Å². The Balaban J connectivity index is 2.41. The summed E-state index contributed by atoms with van der Waals surface area (Å²) in [5, 5.41) is 2.07. The number of hydrogen-bond donors (Lipinski definition) is 1. The molecule has 0 aromatic heterocycles. The third-order valence-electron chi connectivity index (χ3n) is 2.13. The molecule has 14 heavy (non-hydrogen) atoms. The topological polar surface area (TPSA) is 25.8 Å². The average Bonchev–Trinajstić information content (AvgIpc) is 2.17. The zero-order chi connectivity index (χ0) is 10.4. The summed E-state index contributed by atoms with van der Waals surface area (Å²) in [4.78, 5) is 0. The summed E-state index contributed by atoms with van der Waals surface area (Å²) in [6.45, 7) is 3.41. The van der Waals surface area contributed by atoms with Gasteiger partial charge in [-0.3, -0.25) is 0 Å². The standard InChI is InChI=1S/C11H16FNO/c1-9(8-14-2)13-7-10-5-3-4-6-11(10)12/h3-6,9,13H,7-8H2,1-2H3/p+1. The normalized spacial score (nSPS) is 12.8. The van der Waals surface area contributed by atoms with Crippen molar-refractivity contribution in [2.75, 3.05) is 13.7 Å². The molecule has 0 saturated carbocycles. The molecule has 2 N–H and O–H groups in total. The summed E-state index contributed by atoms with van der Waals surface area (Å²) in [5.41, 5.74) is 0.746. The molecule has 0 bridgehead atoms. The van der Waals surface area contributed by atoms with Crippen molar-refractivity contribution >= 4 is 0 Å². The highest BCUT2D eigenvalue weighted by Crippen LogP contribution is 2.03.